The molecule has 148 valence electrons. The molecular formula is C19H19F2N3O3S. The van der Waals surface area contributed by atoms with E-state index < -0.39 is 27.6 Å². The number of amides is 1. The van der Waals surface area contributed by atoms with E-state index in [4.69, 9.17) is 0 Å². The third-order valence-corrected chi connectivity index (χ3v) is 5.63. The molecule has 0 atom stereocenters. The average molecular weight is 407 g/mol. The molecule has 0 fully saturated rings. The van der Waals surface area contributed by atoms with Crippen molar-refractivity contribution in [3.63, 3.8) is 0 Å². The monoisotopic (exact) mass is 407 g/mol. The summed E-state index contributed by atoms with van der Waals surface area (Å²) >= 11 is 0. The fourth-order valence-corrected chi connectivity index (χ4v) is 3.82. The number of nitrogens with zero attached hydrogens (tertiary/aromatic N) is 1. The molecule has 0 bridgehead atoms. The summed E-state index contributed by atoms with van der Waals surface area (Å²) in [7, 11) is -3.77. The topological polar surface area (TPSA) is 87.6 Å². The highest BCUT2D eigenvalue weighted by molar-refractivity contribution is 7.90. The second kappa shape index (κ2) is 8.47. The zero-order valence-electron chi connectivity index (χ0n) is 14.9. The minimum Gasteiger partial charge on any atom is -0.322 e. The Hall–Kier alpha value is -2.81. The van der Waals surface area contributed by atoms with E-state index in [0.717, 1.165) is 37.5 Å². The number of amidine groups is 1. The van der Waals surface area contributed by atoms with Crippen LogP contribution in [0.4, 0.5) is 14.5 Å². The van der Waals surface area contributed by atoms with Crippen molar-refractivity contribution < 1.29 is 22.0 Å². The standard InChI is InChI=1S/C19H19F2N3O3S/c20-16-10-5-13(12-17(16)21)19(25)23-14-6-8-15(9-7-14)28(26,27)24-18-4-2-1-3-11-22-18/h5-10,12H,1-4,11H2,(H,22,24)(H,23,25). The van der Waals surface area contributed by atoms with E-state index in [1.807, 2.05) is 0 Å². The number of anilines is 1. The minimum absolute atomic E-state index is 0.0327. The molecule has 6 nitrogen and oxygen atoms in total. The van der Waals surface area contributed by atoms with Gasteiger partial charge in [0.05, 0.1) is 4.90 Å². The molecule has 1 heterocycles. The summed E-state index contributed by atoms with van der Waals surface area (Å²) in [5.41, 5.74) is 0.268. The Morgan fingerprint density at radius 2 is 1.71 bits per heavy atom. The molecule has 9 heteroatoms. The molecule has 0 aliphatic carbocycles. The maximum Gasteiger partial charge on any atom is 0.262 e. The van der Waals surface area contributed by atoms with Gasteiger partial charge in [-0.05, 0) is 55.3 Å². The van der Waals surface area contributed by atoms with Crippen LogP contribution in [0.15, 0.2) is 52.4 Å². The molecule has 0 unspecified atom stereocenters. The van der Waals surface area contributed by atoms with Gasteiger partial charge in [-0.25, -0.2) is 17.2 Å². The number of carbonyl (C=O) groups is 1. The first-order valence-electron chi connectivity index (χ1n) is 8.78. The summed E-state index contributed by atoms with van der Waals surface area (Å²) in [4.78, 5) is 16.4. The van der Waals surface area contributed by atoms with Gasteiger partial charge in [-0.15, -0.1) is 0 Å². The van der Waals surface area contributed by atoms with Crippen molar-refractivity contribution in [3.05, 3.63) is 59.7 Å². The van der Waals surface area contributed by atoms with Crippen molar-refractivity contribution in [2.45, 2.75) is 30.6 Å². The molecule has 1 amide bonds. The van der Waals surface area contributed by atoms with Crippen LogP contribution in [0.5, 0.6) is 0 Å². The molecule has 0 saturated carbocycles. The van der Waals surface area contributed by atoms with Crippen LogP contribution in [0.2, 0.25) is 0 Å². The zero-order chi connectivity index (χ0) is 20.1. The molecule has 2 aromatic rings. The molecular weight excluding hydrogens is 388 g/mol. The summed E-state index contributed by atoms with van der Waals surface area (Å²) in [5.74, 6) is -2.35. The Bertz CT molecular complexity index is 1010. The van der Waals surface area contributed by atoms with Crippen LogP contribution in [0, 0.1) is 11.6 Å². The Kier molecular flexibility index (Phi) is 6.03. The Morgan fingerprint density at radius 3 is 2.43 bits per heavy atom. The maximum absolute atomic E-state index is 13.2. The zero-order valence-corrected chi connectivity index (χ0v) is 15.7. The predicted octanol–water partition coefficient (Wildman–Crippen LogP) is 3.47. The molecule has 0 saturated heterocycles. The Labute approximate surface area is 161 Å². The van der Waals surface area contributed by atoms with Crippen LogP contribution >= 0.6 is 0 Å². The highest BCUT2D eigenvalue weighted by Gasteiger charge is 2.17. The molecule has 2 N–H and O–H groups in total. The van der Waals surface area contributed by atoms with Crippen LogP contribution in [-0.2, 0) is 10.0 Å². The highest BCUT2D eigenvalue weighted by Crippen LogP contribution is 2.17. The van der Waals surface area contributed by atoms with Crippen molar-refractivity contribution in [2.75, 3.05) is 11.9 Å². The number of carbonyl (C=O) groups excluding carboxylic acids is 1. The van der Waals surface area contributed by atoms with Gasteiger partial charge in [-0.3, -0.25) is 14.5 Å². The third kappa shape index (κ3) is 4.92. The summed E-state index contributed by atoms with van der Waals surface area (Å²) in [6, 6.07) is 8.34. The van der Waals surface area contributed by atoms with E-state index in [9.17, 15) is 22.0 Å². The van der Waals surface area contributed by atoms with Gasteiger partial charge in [0, 0.05) is 24.2 Å². The smallest absolute Gasteiger partial charge is 0.262 e. The first-order valence-corrected chi connectivity index (χ1v) is 10.3. The fourth-order valence-electron chi connectivity index (χ4n) is 2.73. The Morgan fingerprint density at radius 1 is 0.964 bits per heavy atom. The quantitative estimate of drug-likeness (QED) is 0.814. The fraction of sp³-hybridized carbons (Fsp3) is 0.263. The van der Waals surface area contributed by atoms with Gasteiger partial charge in [-0.2, -0.15) is 0 Å². The van der Waals surface area contributed by atoms with E-state index in [0.29, 0.717) is 24.5 Å². The number of hydrogen-bond acceptors (Lipinski definition) is 4. The van der Waals surface area contributed by atoms with Gasteiger partial charge in [0.1, 0.15) is 5.84 Å². The summed E-state index contributed by atoms with van der Waals surface area (Å²) in [6.45, 7) is 0.604. The molecule has 1 aliphatic heterocycles. The van der Waals surface area contributed by atoms with Crippen LogP contribution in [0.1, 0.15) is 36.0 Å². The summed E-state index contributed by atoms with van der Waals surface area (Å²) < 4.78 is 53.7. The molecule has 1 aliphatic rings. The van der Waals surface area contributed by atoms with E-state index in [-0.39, 0.29) is 10.5 Å². The lowest BCUT2D eigenvalue weighted by Crippen LogP contribution is -2.30. The average Bonchev–Trinajstić information content (AvgIpc) is 2.92. The van der Waals surface area contributed by atoms with Gasteiger partial charge in [0.15, 0.2) is 11.6 Å². The van der Waals surface area contributed by atoms with Crippen molar-refractivity contribution in [2.24, 2.45) is 4.99 Å². The largest absolute Gasteiger partial charge is 0.322 e. The minimum atomic E-state index is -3.77. The summed E-state index contributed by atoms with van der Waals surface area (Å²) in [6.07, 6.45) is 3.43. The van der Waals surface area contributed by atoms with Gasteiger partial charge < -0.3 is 5.32 Å². The van der Waals surface area contributed by atoms with Crippen molar-refractivity contribution >= 4 is 27.5 Å². The maximum atomic E-state index is 13.2. The molecule has 0 spiro atoms. The second-order valence-electron chi connectivity index (χ2n) is 6.35. The SMILES string of the molecule is O=C(Nc1ccc(S(=O)(=O)NC2=NCCCCC2)cc1)c1ccc(F)c(F)c1. The van der Waals surface area contributed by atoms with E-state index in [1.54, 1.807) is 0 Å². The number of rotatable bonds is 4. The number of halogens is 2. The molecule has 2 aromatic carbocycles. The van der Waals surface area contributed by atoms with Gasteiger partial charge in [0.25, 0.3) is 15.9 Å². The number of benzene rings is 2. The third-order valence-electron chi connectivity index (χ3n) is 4.23. The highest BCUT2D eigenvalue weighted by atomic mass is 32.2. The Balaban J connectivity index is 1.69. The predicted molar refractivity (Wildman–Crippen MR) is 102 cm³/mol. The number of hydrogen-bond donors (Lipinski definition) is 2. The van der Waals surface area contributed by atoms with Crippen molar-refractivity contribution in [1.29, 1.82) is 0 Å². The lowest BCUT2D eigenvalue weighted by molar-refractivity contribution is 0.102. The van der Waals surface area contributed by atoms with Gasteiger partial charge in [0.2, 0.25) is 0 Å². The lowest BCUT2D eigenvalue weighted by atomic mass is 10.2. The molecule has 3 rings (SSSR count). The van der Waals surface area contributed by atoms with Crippen LogP contribution in [0.3, 0.4) is 0 Å². The van der Waals surface area contributed by atoms with Crippen molar-refractivity contribution in [1.82, 2.24) is 4.72 Å². The van der Waals surface area contributed by atoms with Crippen molar-refractivity contribution in [3.8, 4) is 0 Å². The van der Waals surface area contributed by atoms with Gasteiger partial charge >= 0.3 is 0 Å². The number of aliphatic imine (C=N–C) groups is 1. The number of nitrogens with one attached hydrogen (secondary N) is 2. The summed E-state index contributed by atoms with van der Waals surface area (Å²) in [5, 5.41) is 2.51. The van der Waals surface area contributed by atoms with E-state index in [2.05, 4.69) is 15.0 Å². The van der Waals surface area contributed by atoms with Gasteiger partial charge in [-0.1, -0.05) is 6.42 Å². The molecule has 0 radical (unpaired) electrons. The van der Waals surface area contributed by atoms with Crippen LogP contribution in [0.25, 0.3) is 0 Å². The normalized spacial score (nSPS) is 14.7. The molecule has 28 heavy (non-hydrogen) atoms. The lowest BCUT2D eigenvalue weighted by Gasteiger charge is -2.11. The first kappa shape index (κ1) is 19.9. The van der Waals surface area contributed by atoms with E-state index >= 15 is 0 Å². The molecule has 0 aromatic heterocycles. The second-order valence-corrected chi connectivity index (χ2v) is 8.03. The number of sulfonamides is 1. The van der Waals surface area contributed by atoms with Crippen LogP contribution in [-0.4, -0.2) is 26.7 Å². The van der Waals surface area contributed by atoms with Crippen LogP contribution < -0.4 is 10.0 Å². The van der Waals surface area contributed by atoms with E-state index in [1.165, 1.54) is 24.3 Å². The first-order chi connectivity index (χ1) is 13.3.